The predicted molar refractivity (Wildman–Crippen MR) is 102 cm³/mol. The van der Waals surface area contributed by atoms with Crippen LogP contribution in [0.1, 0.15) is 0 Å². The van der Waals surface area contributed by atoms with Gasteiger partial charge < -0.3 is 0 Å². The molecule has 118 valence electrons. The molecular formula is C21H12BrN3. The molecule has 0 aliphatic rings. The summed E-state index contributed by atoms with van der Waals surface area (Å²) in [6.45, 7) is 0. The summed E-state index contributed by atoms with van der Waals surface area (Å²) < 4.78 is 1.01. The number of halogens is 1. The van der Waals surface area contributed by atoms with Gasteiger partial charge in [-0.05, 0) is 24.3 Å². The third kappa shape index (κ3) is 3.42. The van der Waals surface area contributed by atoms with E-state index in [1.807, 2.05) is 66.7 Å². The van der Waals surface area contributed by atoms with E-state index in [-0.39, 0.29) is 0 Å². The minimum absolute atomic E-state index is 0.587. The SMILES string of the molecule is Brc1ccc(-c2nc(-c3c#cccc3)nc(-c3ccccc3)n2)cc1. The van der Waals surface area contributed by atoms with Crippen molar-refractivity contribution in [3.63, 3.8) is 0 Å². The summed E-state index contributed by atoms with van der Waals surface area (Å²) in [5, 5.41) is 0. The van der Waals surface area contributed by atoms with E-state index in [9.17, 15) is 0 Å². The van der Waals surface area contributed by atoms with Crippen molar-refractivity contribution < 1.29 is 0 Å². The van der Waals surface area contributed by atoms with Gasteiger partial charge in [-0.2, -0.15) is 0 Å². The molecule has 0 bridgehead atoms. The van der Waals surface area contributed by atoms with Gasteiger partial charge in [-0.3, -0.25) is 0 Å². The first kappa shape index (κ1) is 15.5. The largest absolute Gasteiger partial charge is 0.208 e. The van der Waals surface area contributed by atoms with Crippen LogP contribution < -0.4 is 0 Å². The van der Waals surface area contributed by atoms with Crippen molar-refractivity contribution in [2.24, 2.45) is 0 Å². The van der Waals surface area contributed by atoms with Crippen LogP contribution in [0, 0.1) is 12.1 Å². The molecule has 0 radical (unpaired) electrons. The van der Waals surface area contributed by atoms with Crippen molar-refractivity contribution in [1.82, 2.24) is 15.0 Å². The lowest BCUT2D eigenvalue weighted by atomic mass is 10.1. The molecule has 25 heavy (non-hydrogen) atoms. The molecule has 3 nitrogen and oxygen atoms in total. The fraction of sp³-hybridized carbons (Fsp3) is 0. The van der Waals surface area contributed by atoms with Crippen molar-refractivity contribution >= 4 is 15.9 Å². The maximum atomic E-state index is 4.67. The van der Waals surface area contributed by atoms with Crippen LogP contribution in [0.15, 0.2) is 77.3 Å². The van der Waals surface area contributed by atoms with Gasteiger partial charge in [-0.1, -0.05) is 76.6 Å². The number of benzene rings is 2. The van der Waals surface area contributed by atoms with Crippen molar-refractivity contribution in [2.45, 2.75) is 0 Å². The van der Waals surface area contributed by atoms with E-state index in [1.54, 1.807) is 6.07 Å². The summed E-state index contributed by atoms with van der Waals surface area (Å²) >= 11 is 3.46. The fourth-order valence-corrected chi connectivity index (χ4v) is 2.69. The van der Waals surface area contributed by atoms with Gasteiger partial charge in [0.1, 0.15) is 0 Å². The smallest absolute Gasteiger partial charge is 0.172 e. The molecule has 4 aromatic rings. The highest BCUT2D eigenvalue weighted by molar-refractivity contribution is 9.10. The zero-order valence-electron chi connectivity index (χ0n) is 13.1. The summed E-state index contributed by atoms with van der Waals surface area (Å²) in [6, 6.07) is 29.5. The number of rotatable bonds is 3. The quantitative estimate of drug-likeness (QED) is 0.484. The Bertz CT molecular complexity index is 927. The first-order valence-electron chi connectivity index (χ1n) is 7.76. The van der Waals surface area contributed by atoms with Crippen LogP contribution in [-0.2, 0) is 0 Å². The van der Waals surface area contributed by atoms with E-state index < -0.39 is 0 Å². The van der Waals surface area contributed by atoms with Crippen LogP contribution in [0.4, 0.5) is 0 Å². The predicted octanol–water partition coefficient (Wildman–Crippen LogP) is 5.24. The first-order valence-corrected chi connectivity index (χ1v) is 8.55. The van der Waals surface area contributed by atoms with Gasteiger partial charge in [0.2, 0.25) is 0 Å². The Kier molecular flexibility index (Phi) is 4.24. The lowest BCUT2D eigenvalue weighted by molar-refractivity contribution is 1.07. The molecule has 0 aliphatic heterocycles. The van der Waals surface area contributed by atoms with Gasteiger partial charge >= 0.3 is 0 Å². The molecule has 0 N–H and O–H groups in total. The Balaban J connectivity index is 1.90. The summed E-state index contributed by atoms with van der Waals surface area (Å²) in [4.78, 5) is 13.9. The van der Waals surface area contributed by atoms with Gasteiger partial charge in [0.25, 0.3) is 0 Å². The molecule has 0 fully saturated rings. The lowest BCUT2D eigenvalue weighted by Gasteiger charge is -2.07. The normalized spacial score (nSPS) is 10.3. The number of nitrogens with zero attached hydrogens (tertiary/aromatic N) is 3. The molecule has 3 aromatic carbocycles. The van der Waals surface area contributed by atoms with Gasteiger partial charge in [-0.25, -0.2) is 15.0 Å². The van der Waals surface area contributed by atoms with Crippen LogP contribution in [-0.4, -0.2) is 15.0 Å². The topological polar surface area (TPSA) is 38.7 Å². The highest BCUT2D eigenvalue weighted by atomic mass is 79.9. The zero-order chi connectivity index (χ0) is 17.1. The standard InChI is InChI=1S/C21H12BrN3/c22-18-13-11-17(12-14-18)21-24-19(15-7-3-1-4-8-15)23-20(25-21)16-9-5-2-6-10-16/h1-5,7-9,11-14H. The van der Waals surface area contributed by atoms with Crippen LogP contribution in [0.2, 0.25) is 0 Å². The van der Waals surface area contributed by atoms with Gasteiger partial charge in [-0.15, -0.1) is 0 Å². The van der Waals surface area contributed by atoms with E-state index >= 15 is 0 Å². The summed E-state index contributed by atoms with van der Waals surface area (Å²) in [5.41, 5.74) is 2.67. The monoisotopic (exact) mass is 385 g/mol. The average Bonchev–Trinajstić information content (AvgIpc) is 2.69. The Morgan fingerprint density at radius 1 is 0.640 bits per heavy atom. The third-order valence-electron chi connectivity index (χ3n) is 3.66. The van der Waals surface area contributed by atoms with E-state index in [4.69, 9.17) is 0 Å². The molecule has 0 spiro atoms. The number of hydrogen-bond donors (Lipinski definition) is 0. The highest BCUT2D eigenvalue weighted by Gasteiger charge is 2.11. The molecule has 0 unspecified atom stereocenters. The Morgan fingerprint density at radius 3 is 1.92 bits per heavy atom. The molecule has 1 heterocycles. The first-order chi connectivity index (χ1) is 12.3. The lowest BCUT2D eigenvalue weighted by Crippen LogP contribution is -1.99. The molecule has 0 atom stereocenters. The van der Waals surface area contributed by atoms with E-state index in [1.165, 1.54) is 0 Å². The molecular weight excluding hydrogens is 374 g/mol. The fourth-order valence-electron chi connectivity index (χ4n) is 2.42. The van der Waals surface area contributed by atoms with Crippen LogP contribution >= 0.6 is 15.9 Å². The van der Waals surface area contributed by atoms with E-state index in [0.29, 0.717) is 17.5 Å². The van der Waals surface area contributed by atoms with Gasteiger partial charge in [0, 0.05) is 15.6 Å². The Morgan fingerprint density at radius 2 is 1.28 bits per heavy atom. The van der Waals surface area contributed by atoms with E-state index in [2.05, 4.69) is 43.0 Å². The number of hydrogen-bond acceptors (Lipinski definition) is 3. The molecule has 0 saturated carbocycles. The van der Waals surface area contributed by atoms with E-state index in [0.717, 1.165) is 21.2 Å². The van der Waals surface area contributed by atoms with Crippen molar-refractivity contribution in [3.8, 4) is 34.2 Å². The van der Waals surface area contributed by atoms with Gasteiger partial charge in [0.05, 0.1) is 5.56 Å². The minimum Gasteiger partial charge on any atom is -0.208 e. The Labute approximate surface area is 154 Å². The maximum Gasteiger partial charge on any atom is 0.172 e. The average molecular weight is 386 g/mol. The molecule has 4 heteroatoms. The summed E-state index contributed by atoms with van der Waals surface area (Å²) in [6.07, 6.45) is 0. The molecule has 0 amide bonds. The minimum atomic E-state index is 0.587. The number of aromatic nitrogens is 3. The van der Waals surface area contributed by atoms with Crippen molar-refractivity contribution in [3.05, 3.63) is 89.4 Å². The van der Waals surface area contributed by atoms with Crippen LogP contribution in [0.25, 0.3) is 34.2 Å². The maximum absolute atomic E-state index is 4.67. The second kappa shape index (κ2) is 6.84. The Hall–Kier alpha value is -3.03. The highest BCUT2D eigenvalue weighted by Crippen LogP contribution is 2.24. The third-order valence-corrected chi connectivity index (χ3v) is 4.19. The molecule has 1 aromatic heterocycles. The summed E-state index contributed by atoms with van der Waals surface area (Å²) in [5.74, 6) is 1.86. The van der Waals surface area contributed by atoms with Crippen molar-refractivity contribution in [1.29, 1.82) is 0 Å². The zero-order valence-corrected chi connectivity index (χ0v) is 14.7. The molecule has 0 aliphatic carbocycles. The summed E-state index contributed by atoms with van der Waals surface area (Å²) in [7, 11) is 0. The second-order valence-electron chi connectivity index (χ2n) is 5.39. The molecule has 4 rings (SSSR count). The van der Waals surface area contributed by atoms with Gasteiger partial charge in [0.15, 0.2) is 17.5 Å². The second-order valence-corrected chi connectivity index (χ2v) is 6.30. The van der Waals surface area contributed by atoms with Crippen LogP contribution in [0.3, 0.4) is 0 Å². The van der Waals surface area contributed by atoms with Crippen LogP contribution in [0.5, 0.6) is 0 Å². The van der Waals surface area contributed by atoms with Crippen molar-refractivity contribution in [2.75, 3.05) is 0 Å². The molecule has 0 saturated heterocycles.